The smallest absolute Gasteiger partial charge is 0.414 e. The van der Waals surface area contributed by atoms with Gasteiger partial charge in [-0.15, -0.1) is 0 Å². The standard InChI is InChI=1S/C19H16Cl3NO2/c1-19-8-10-5-14(21)15(22)7-12(10)17(9-19)23(18(24)25-2)16-4-3-11(20)6-13(16)19/h3-7,17H,8-9H2,1-2H3. The summed E-state index contributed by atoms with van der Waals surface area (Å²) in [6.07, 6.45) is 1.20. The number of amides is 1. The summed E-state index contributed by atoms with van der Waals surface area (Å²) in [6, 6.07) is 9.28. The highest BCUT2D eigenvalue weighted by Crippen LogP contribution is 2.55. The van der Waals surface area contributed by atoms with Crippen LogP contribution in [0.3, 0.4) is 0 Å². The summed E-state index contributed by atoms with van der Waals surface area (Å²) < 4.78 is 5.07. The zero-order chi connectivity index (χ0) is 17.9. The molecule has 4 rings (SSSR count). The van der Waals surface area contributed by atoms with E-state index in [4.69, 9.17) is 39.5 Å². The van der Waals surface area contributed by atoms with Crippen molar-refractivity contribution in [3.63, 3.8) is 0 Å². The number of benzene rings is 2. The zero-order valence-corrected chi connectivity index (χ0v) is 16.0. The van der Waals surface area contributed by atoms with Crippen LogP contribution in [0.2, 0.25) is 15.1 Å². The van der Waals surface area contributed by atoms with Crippen molar-refractivity contribution in [1.29, 1.82) is 0 Å². The summed E-state index contributed by atoms with van der Waals surface area (Å²) in [5, 5.41) is 1.68. The minimum Gasteiger partial charge on any atom is -0.452 e. The Morgan fingerprint density at radius 1 is 1.20 bits per heavy atom. The maximum Gasteiger partial charge on any atom is 0.414 e. The first-order valence-corrected chi connectivity index (χ1v) is 9.12. The maximum atomic E-state index is 12.6. The zero-order valence-electron chi connectivity index (χ0n) is 13.8. The number of halogens is 3. The topological polar surface area (TPSA) is 29.5 Å². The van der Waals surface area contributed by atoms with E-state index in [2.05, 4.69) is 6.92 Å². The lowest BCUT2D eigenvalue weighted by Crippen LogP contribution is -2.48. The van der Waals surface area contributed by atoms with Crippen LogP contribution in [0.4, 0.5) is 10.5 Å². The van der Waals surface area contributed by atoms with Gasteiger partial charge in [-0.2, -0.15) is 0 Å². The van der Waals surface area contributed by atoms with Gasteiger partial charge in [0.05, 0.1) is 28.9 Å². The molecule has 2 unspecified atom stereocenters. The lowest BCUT2D eigenvalue weighted by Gasteiger charge is -2.50. The number of carbonyl (C=O) groups is 1. The summed E-state index contributed by atoms with van der Waals surface area (Å²) in [4.78, 5) is 14.3. The number of anilines is 1. The second kappa shape index (κ2) is 5.80. The highest BCUT2D eigenvalue weighted by molar-refractivity contribution is 6.42. The summed E-state index contributed by atoms with van der Waals surface area (Å²) >= 11 is 18.7. The van der Waals surface area contributed by atoms with E-state index in [9.17, 15) is 4.79 Å². The molecular formula is C19H16Cl3NO2. The van der Waals surface area contributed by atoms with Crippen LogP contribution in [0.25, 0.3) is 0 Å². The molecular weight excluding hydrogens is 381 g/mol. The molecule has 0 N–H and O–H groups in total. The van der Waals surface area contributed by atoms with Crippen molar-refractivity contribution >= 4 is 46.6 Å². The van der Waals surface area contributed by atoms with Gasteiger partial charge in [-0.25, -0.2) is 4.79 Å². The average Bonchev–Trinajstić information content (AvgIpc) is 2.57. The van der Waals surface area contributed by atoms with E-state index < -0.39 is 6.09 Å². The third-order valence-corrected chi connectivity index (χ3v) is 6.27. The molecule has 2 atom stereocenters. The van der Waals surface area contributed by atoms with Crippen LogP contribution in [-0.2, 0) is 16.6 Å². The first-order valence-electron chi connectivity index (χ1n) is 7.99. The molecule has 0 spiro atoms. The molecule has 1 amide bonds. The quantitative estimate of drug-likeness (QED) is 0.532. The van der Waals surface area contributed by atoms with E-state index in [1.54, 1.807) is 11.0 Å². The lowest BCUT2D eigenvalue weighted by atomic mass is 9.64. The lowest BCUT2D eigenvalue weighted by molar-refractivity contribution is 0.171. The minimum atomic E-state index is -0.394. The number of nitrogens with zero attached hydrogens (tertiary/aromatic N) is 1. The molecule has 130 valence electrons. The van der Waals surface area contributed by atoms with Crippen molar-refractivity contribution < 1.29 is 9.53 Å². The first kappa shape index (κ1) is 17.0. The van der Waals surface area contributed by atoms with Crippen LogP contribution < -0.4 is 4.90 Å². The number of carbonyl (C=O) groups excluding carboxylic acids is 1. The Bertz CT molecular complexity index is 898. The number of fused-ring (bicyclic) bond motifs is 6. The van der Waals surface area contributed by atoms with Gasteiger partial charge in [0, 0.05) is 10.4 Å². The molecule has 2 aromatic rings. The van der Waals surface area contributed by atoms with Gasteiger partial charge in [0.15, 0.2) is 0 Å². The number of hydrogen-bond donors (Lipinski definition) is 0. The van der Waals surface area contributed by atoms with E-state index in [1.807, 2.05) is 24.3 Å². The van der Waals surface area contributed by atoms with Crippen LogP contribution >= 0.6 is 34.8 Å². The van der Waals surface area contributed by atoms with E-state index in [-0.39, 0.29) is 11.5 Å². The Morgan fingerprint density at radius 3 is 2.64 bits per heavy atom. The van der Waals surface area contributed by atoms with E-state index in [1.165, 1.54) is 7.11 Å². The van der Waals surface area contributed by atoms with Gasteiger partial charge >= 0.3 is 6.09 Å². The van der Waals surface area contributed by atoms with Gasteiger partial charge in [-0.1, -0.05) is 41.7 Å². The number of methoxy groups -OCH3 is 1. The normalized spacial score (nSPS) is 23.7. The Hall–Kier alpha value is -1.42. The number of ether oxygens (including phenoxy) is 1. The largest absolute Gasteiger partial charge is 0.452 e. The summed E-state index contributed by atoms with van der Waals surface area (Å²) in [5.41, 5.74) is 3.88. The van der Waals surface area contributed by atoms with Crippen molar-refractivity contribution in [3.05, 3.63) is 62.1 Å². The van der Waals surface area contributed by atoms with Crippen molar-refractivity contribution in [2.45, 2.75) is 31.2 Å². The van der Waals surface area contributed by atoms with Crippen LogP contribution in [0.5, 0.6) is 0 Å². The van der Waals surface area contributed by atoms with Crippen LogP contribution in [0.15, 0.2) is 30.3 Å². The molecule has 2 bridgehead atoms. The van der Waals surface area contributed by atoms with Crippen molar-refractivity contribution in [1.82, 2.24) is 0 Å². The number of hydrogen-bond acceptors (Lipinski definition) is 2. The molecule has 6 heteroatoms. The molecule has 1 heterocycles. The SMILES string of the molecule is COC(=O)N1c2ccc(Cl)cc2C2(C)Cc3cc(Cl)c(Cl)cc3C1C2. The molecule has 0 aromatic heterocycles. The summed E-state index contributed by atoms with van der Waals surface area (Å²) in [6.45, 7) is 2.20. The third-order valence-electron chi connectivity index (χ3n) is 5.32. The Balaban J connectivity index is 1.99. The van der Waals surface area contributed by atoms with Gasteiger partial charge in [0.1, 0.15) is 0 Å². The second-order valence-corrected chi connectivity index (χ2v) is 8.17. The highest BCUT2D eigenvalue weighted by Gasteiger charge is 2.48. The monoisotopic (exact) mass is 395 g/mol. The number of rotatable bonds is 0. The molecule has 2 aliphatic rings. The minimum absolute atomic E-state index is 0.139. The van der Waals surface area contributed by atoms with Crippen molar-refractivity contribution in [2.75, 3.05) is 12.0 Å². The first-order chi connectivity index (χ1) is 11.8. The van der Waals surface area contributed by atoms with Gasteiger partial charge in [0.2, 0.25) is 0 Å². The van der Waals surface area contributed by atoms with Crippen molar-refractivity contribution in [3.8, 4) is 0 Å². The van der Waals surface area contributed by atoms with Gasteiger partial charge in [0.25, 0.3) is 0 Å². The Labute approximate surface area is 161 Å². The molecule has 25 heavy (non-hydrogen) atoms. The average molecular weight is 397 g/mol. The molecule has 0 saturated heterocycles. The summed E-state index contributed by atoms with van der Waals surface area (Å²) in [5.74, 6) is 0. The summed E-state index contributed by atoms with van der Waals surface area (Å²) in [7, 11) is 1.39. The molecule has 2 aromatic carbocycles. The highest BCUT2D eigenvalue weighted by atomic mass is 35.5. The van der Waals surface area contributed by atoms with Crippen molar-refractivity contribution in [2.24, 2.45) is 0 Å². The van der Waals surface area contributed by atoms with E-state index in [0.29, 0.717) is 15.1 Å². The molecule has 1 aliphatic heterocycles. The fraction of sp³-hybridized carbons (Fsp3) is 0.316. The molecule has 0 radical (unpaired) electrons. The Morgan fingerprint density at radius 2 is 1.92 bits per heavy atom. The molecule has 0 fully saturated rings. The predicted octanol–water partition coefficient (Wildman–Crippen LogP) is 6.18. The van der Waals surface area contributed by atoms with Gasteiger partial charge < -0.3 is 4.74 Å². The molecule has 3 nitrogen and oxygen atoms in total. The fourth-order valence-corrected chi connectivity index (χ4v) is 4.76. The predicted molar refractivity (Wildman–Crippen MR) is 101 cm³/mol. The second-order valence-electron chi connectivity index (χ2n) is 6.92. The van der Waals surface area contributed by atoms with Crippen LogP contribution in [0.1, 0.15) is 36.1 Å². The maximum absolute atomic E-state index is 12.6. The van der Waals surface area contributed by atoms with E-state index >= 15 is 0 Å². The third kappa shape index (κ3) is 2.52. The van der Waals surface area contributed by atoms with Gasteiger partial charge in [-0.05, 0) is 59.9 Å². The van der Waals surface area contributed by atoms with Gasteiger partial charge in [-0.3, -0.25) is 4.90 Å². The Kier molecular flexibility index (Phi) is 3.95. The fourth-order valence-electron chi connectivity index (χ4n) is 4.23. The van der Waals surface area contributed by atoms with Crippen LogP contribution in [-0.4, -0.2) is 13.2 Å². The van der Waals surface area contributed by atoms with E-state index in [0.717, 1.165) is 35.2 Å². The molecule has 0 saturated carbocycles. The van der Waals surface area contributed by atoms with Crippen LogP contribution in [0, 0.1) is 0 Å². The molecule has 1 aliphatic carbocycles.